The largest absolute Gasteiger partial charge is 0.375 e. The second-order valence-corrected chi connectivity index (χ2v) is 5.81. The number of halogens is 1. The molecule has 0 aromatic carbocycles. The van der Waals surface area contributed by atoms with Gasteiger partial charge in [0.25, 0.3) is 0 Å². The molecule has 0 aliphatic carbocycles. The van der Waals surface area contributed by atoms with Gasteiger partial charge in [-0.2, -0.15) is 0 Å². The van der Waals surface area contributed by atoms with E-state index in [1.807, 2.05) is 6.07 Å². The summed E-state index contributed by atoms with van der Waals surface area (Å²) in [6.45, 7) is 10.0. The summed E-state index contributed by atoms with van der Waals surface area (Å²) in [4.78, 5) is 11.3. The number of anilines is 1. The molecule has 2 rings (SSSR count). The van der Waals surface area contributed by atoms with E-state index in [2.05, 4.69) is 42.6 Å². The number of hydrogen-bond donors (Lipinski definition) is 0. The van der Waals surface area contributed by atoms with Crippen LogP contribution in [0.25, 0.3) is 0 Å². The van der Waals surface area contributed by atoms with Gasteiger partial charge in [0.2, 0.25) is 0 Å². The Balaban J connectivity index is 2.32. The highest BCUT2D eigenvalue weighted by Gasteiger charge is 2.27. The molecule has 2 unspecified atom stereocenters. The maximum atomic E-state index is 6.13. The van der Waals surface area contributed by atoms with Crippen molar-refractivity contribution in [1.29, 1.82) is 0 Å². The van der Waals surface area contributed by atoms with Gasteiger partial charge in [0.05, 0.1) is 18.8 Å². The van der Waals surface area contributed by atoms with Gasteiger partial charge < -0.3 is 9.64 Å². The minimum atomic E-state index is 0.221. The maximum Gasteiger partial charge on any atom is 0.135 e. The summed E-state index contributed by atoms with van der Waals surface area (Å²) in [5.74, 6) is 2.00. The van der Waals surface area contributed by atoms with E-state index in [9.17, 15) is 0 Å². The van der Waals surface area contributed by atoms with Crippen molar-refractivity contribution in [2.75, 3.05) is 18.1 Å². The zero-order valence-corrected chi connectivity index (χ0v) is 12.8. The molecule has 0 amide bonds. The zero-order chi connectivity index (χ0) is 14.0. The molecule has 1 saturated heterocycles. The van der Waals surface area contributed by atoms with E-state index in [1.165, 1.54) is 0 Å². The Morgan fingerprint density at radius 3 is 2.84 bits per heavy atom. The minimum Gasteiger partial charge on any atom is -0.375 e. The van der Waals surface area contributed by atoms with Gasteiger partial charge in [-0.25, -0.2) is 9.97 Å². The van der Waals surface area contributed by atoms with Gasteiger partial charge in [-0.3, -0.25) is 0 Å². The predicted molar refractivity (Wildman–Crippen MR) is 78.0 cm³/mol. The first-order valence-corrected chi connectivity index (χ1v) is 7.31. The number of rotatable bonds is 3. The fourth-order valence-electron chi connectivity index (χ4n) is 2.29. The lowest BCUT2D eigenvalue weighted by Gasteiger charge is -2.39. The molecule has 0 bridgehead atoms. The molecular weight excluding hydrogens is 262 g/mol. The Morgan fingerprint density at radius 2 is 2.21 bits per heavy atom. The molecule has 4 nitrogen and oxygen atoms in total. The van der Waals surface area contributed by atoms with Crippen molar-refractivity contribution in [2.24, 2.45) is 0 Å². The first-order valence-electron chi connectivity index (χ1n) is 6.94. The van der Waals surface area contributed by atoms with Crippen LogP contribution in [0.4, 0.5) is 5.82 Å². The van der Waals surface area contributed by atoms with Crippen LogP contribution in [-0.2, 0) is 4.74 Å². The molecule has 0 spiro atoms. The lowest BCUT2D eigenvalue weighted by atomic mass is 10.1. The first-order chi connectivity index (χ1) is 9.01. The number of nitrogens with zero attached hydrogens (tertiary/aromatic N) is 3. The topological polar surface area (TPSA) is 38.2 Å². The smallest absolute Gasteiger partial charge is 0.135 e. The van der Waals surface area contributed by atoms with Gasteiger partial charge in [0, 0.05) is 18.5 Å². The quantitative estimate of drug-likeness (QED) is 0.798. The van der Waals surface area contributed by atoms with Crippen LogP contribution < -0.4 is 4.90 Å². The number of aromatic nitrogens is 2. The van der Waals surface area contributed by atoms with E-state index in [4.69, 9.17) is 16.3 Å². The molecule has 2 heterocycles. The van der Waals surface area contributed by atoms with E-state index in [1.54, 1.807) is 0 Å². The molecule has 2 atom stereocenters. The zero-order valence-electron chi connectivity index (χ0n) is 12.1. The summed E-state index contributed by atoms with van der Waals surface area (Å²) >= 11 is 6.13. The molecular formula is C14H22ClN3O. The van der Waals surface area contributed by atoms with Crippen molar-refractivity contribution in [3.63, 3.8) is 0 Å². The standard InChI is InChI=1S/C14H22ClN3O/c1-5-11-8-19-10(4)7-18(11)13-6-12(15)16-14(17-13)9(2)3/h6,9-11H,5,7-8H2,1-4H3. The van der Waals surface area contributed by atoms with Gasteiger partial charge in [-0.15, -0.1) is 0 Å². The average molecular weight is 284 g/mol. The third-order valence-corrected chi connectivity index (χ3v) is 3.64. The Hall–Kier alpha value is -0.870. The highest BCUT2D eigenvalue weighted by molar-refractivity contribution is 6.29. The van der Waals surface area contributed by atoms with Crippen molar-refractivity contribution in [2.45, 2.75) is 52.2 Å². The van der Waals surface area contributed by atoms with E-state index < -0.39 is 0 Å². The Kier molecular flexibility index (Phi) is 4.63. The lowest BCUT2D eigenvalue weighted by molar-refractivity contribution is 0.0296. The molecule has 1 aliphatic heterocycles. The Labute approximate surface area is 120 Å². The summed E-state index contributed by atoms with van der Waals surface area (Å²) < 4.78 is 5.72. The molecule has 0 radical (unpaired) electrons. The first kappa shape index (κ1) is 14.5. The van der Waals surface area contributed by atoms with Crippen LogP contribution in [0.2, 0.25) is 5.15 Å². The summed E-state index contributed by atoms with van der Waals surface area (Å²) in [6.07, 6.45) is 1.25. The molecule has 19 heavy (non-hydrogen) atoms. The molecule has 1 aliphatic rings. The number of ether oxygens (including phenoxy) is 1. The molecule has 106 valence electrons. The van der Waals surface area contributed by atoms with Crippen LogP contribution in [-0.4, -0.2) is 35.3 Å². The van der Waals surface area contributed by atoms with Crippen LogP contribution in [0.3, 0.4) is 0 Å². The highest BCUT2D eigenvalue weighted by atomic mass is 35.5. The summed E-state index contributed by atoms with van der Waals surface area (Å²) in [6, 6.07) is 2.22. The van der Waals surface area contributed by atoms with Crippen molar-refractivity contribution in [1.82, 2.24) is 9.97 Å². The van der Waals surface area contributed by atoms with Gasteiger partial charge in [-0.1, -0.05) is 32.4 Å². The average Bonchev–Trinajstić information content (AvgIpc) is 2.37. The van der Waals surface area contributed by atoms with Crippen molar-refractivity contribution in [3.05, 3.63) is 17.0 Å². The third-order valence-electron chi connectivity index (χ3n) is 3.45. The molecule has 1 fully saturated rings. The van der Waals surface area contributed by atoms with Crippen molar-refractivity contribution < 1.29 is 4.74 Å². The normalized spacial score (nSPS) is 24.0. The van der Waals surface area contributed by atoms with Crippen molar-refractivity contribution >= 4 is 17.4 Å². The van der Waals surface area contributed by atoms with E-state index in [0.717, 1.165) is 31.2 Å². The Bertz CT molecular complexity index is 439. The van der Waals surface area contributed by atoms with E-state index in [0.29, 0.717) is 11.2 Å². The second-order valence-electron chi connectivity index (χ2n) is 5.42. The van der Waals surface area contributed by atoms with Crippen molar-refractivity contribution in [3.8, 4) is 0 Å². The molecule has 5 heteroatoms. The monoisotopic (exact) mass is 283 g/mol. The lowest BCUT2D eigenvalue weighted by Crippen LogP contribution is -2.49. The van der Waals surface area contributed by atoms with E-state index in [-0.39, 0.29) is 12.0 Å². The second kappa shape index (κ2) is 6.06. The number of hydrogen-bond acceptors (Lipinski definition) is 4. The summed E-state index contributed by atoms with van der Waals surface area (Å²) in [5, 5.41) is 0.516. The van der Waals surface area contributed by atoms with Gasteiger partial charge in [-0.05, 0) is 13.3 Å². The SMILES string of the molecule is CCC1COC(C)CN1c1cc(Cl)nc(C(C)C)n1. The molecule has 0 N–H and O–H groups in total. The van der Waals surface area contributed by atoms with Crippen LogP contribution in [0.5, 0.6) is 0 Å². The van der Waals surface area contributed by atoms with Gasteiger partial charge in [0.15, 0.2) is 0 Å². The third kappa shape index (κ3) is 3.37. The fourth-order valence-corrected chi connectivity index (χ4v) is 2.48. The molecule has 0 saturated carbocycles. The van der Waals surface area contributed by atoms with E-state index >= 15 is 0 Å². The molecule has 1 aromatic heterocycles. The minimum absolute atomic E-state index is 0.221. The van der Waals surface area contributed by atoms with Crippen LogP contribution in [0, 0.1) is 0 Å². The molecule has 1 aromatic rings. The summed E-state index contributed by atoms with van der Waals surface area (Å²) in [5.41, 5.74) is 0. The summed E-state index contributed by atoms with van der Waals surface area (Å²) in [7, 11) is 0. The maximum absolute atomic E-state index is 6.13. The van der Waals surface area contributed by atoms with Crippen LogP contribution >= 0.6 is 11.6 Å². The highest BCUT2D eigenvalue weighted by Crippen LogP contribution is 2.25. The van der Waals surface area contributed by atoms with Gasteiger partial charge >= 0.3 is 0 Å². The Morgan fingerprint density at radius 1 is 1.47 bits per heavy atom. The predicted octanol–water partition coefficient (Wildman–Crippen LogP) is 3.26. The number of morpholine rings is 1. The fraction of sp³-hybridized carbons (Fsp3) is 0.714. The van der Waals surface area contributed by atoms with Crippen LogP contribution in [0.1, 0.15) is 45.9 Å². The van der Waals surface area contributed by atoms with Gasteiger partial charge in [0.1, 0.15) is 16.8 Å². The van der Waals surface area contributed by atoms with Crippen LogP contribution in [0.15, 0.2) is 6.07 Å².